The molecular weight excluding hydrogens is 333 g/mol. The zero-order valence-electron chi connectivity index (χ0n) is 11.1. The summed E-state index contributed by atoms with van der Waals surface area (Å²) in [7, 11) is 0. The standard InChI is InChI=1S/C15H16Cl3NS/c1-2-7-19-14(15-13(18)6-8-20-15)9-10-11(16)4-3-5-12(10)17/h3-6,8,14,19H,2,7,9H2,1H3. The molecule has 1 aromatic heterocycles. The van der Waals surface area contributed by atoms with Gasteiger partial charge in [0.1, 0.15) is 0 Å². The van der Waals surface area contributed by atoms with Gasteiger partial charge in [-0.25, -0.2) is 0 Å². The fourth-order valence-corrected chi connectivity index (χ4v) is 3.88. The molecule has 0 spiro atoms. The van der Waals surface area contributed by atoms with Crippen molar-refractivity contribution in [3.05, 3.63) is 55.2 Å². The van der Waals surface area contributed by atoms with Crippen LogP contribution in [0.25, 0.3) is 0 Å². The highest BCUT2D eigenvalue weighted by molar-refractivity contribution is 7.10. The van der Waals surface area contributed by atoms with Gasteiger partial charge in [-0.2, -0.15) is 0 Å². The van der Waals surface area contributed by atoms with Crippen molar-refractivity contribution in [2.45, 2.75) is 25.8 Å². The highest BCUT2D eigenvalue weighted by Crippen LogP contribution is 2.34. The second kappa shape index (κ2) is 7.67. The van der Waals surface area contributed by atoms with Crippen molar-refractivity contribution >= 4 is 46.1 Å². The highest BCUT2D eigenvalue weighted by atomic mass is 35.5. The van der Waals surface area contributed by atoms with Gasteiger partial charge in [0.15, 0.2) is 0 Å². The second-order valence-corrected chi connectivity index (χ2v) is 6.71. The minimum absolute atomic E-state index is 0.139. The van der Waals surface area contributed by atoms with Gasteiger partial charge < -0.3 is 5.32 Å². The first-order chi connectivity index (χ1) is 9.63. The van der Waals surface area contributed by atoms with Gasteiger partial charge in [-0.05, 0) is 48.5 Å². The van der Waals surface area contributed by atoms with E-state index in [1.54, 1.807) is 11.3 Å². The van der Waals surface area contributed by atoms with E-state index in [0.717, 1.165) is 34.8 Å². The molecule has 0 saturated carbocycles. The van der Waals surface area contributed by atoms with Crippen LogP contribution in [-0.2, 0) is 6.42 Å². The van der Waals surface area contributed by atoms with E-state index in [1.165, 1.54) is 0 Å². The molecule has 2 rings (SSSR count). The van der Waals surface area contributed by atoms with Crippen molar-refractivity contribution in [1.29, 1.82) is 0 Å². The second-order valence-electron chi connectivity index (χ2n) is 4.54. The molecule has 0 saturated heterocycles. The molecule has 0 amide bonds. The number of nitrogens with one attached hydrogen (secondary N) is 1. The topological polar surface area (TPSA) is 12.0 Å². The van der Waals surface area contributed by atoms with E-state index in [2.05, 4.69) is 12.2 Å². The van der Waals surface area contributed by atoms with Crippen LogP contribution in [-0.4, -0.2) is 6.54 Å². The molecule has 0 aliphatic carbocycles. The molecule has 0 aliphatic rings. The summed E-state index contributed by atoms with van der Waals surface area (Å²) in [5.41, 5.74) is 0.967. The number of hydrogen-bond acceptors (Lipinski definition) is 2. The smallest absolute Gasteiger partial charge is 0.0561 e. The molecule has 1 aromatic carbocycles. The van der Waals surface area contributed by atoms with Crippen molar-refractivity contribution in [2.75, 3.05) is 6.54 Å². The van der Waals surface area contributed by atoms with E-state index in [4.69, 9.17) is 34.8 Å². The maximum absolute atomic E-state index is 6.27. The monoisotopic (exact) mass is 347 g/mol. The molecule has 1 atom stereocenters. The van der Waals surface area contributed by atoms with Gasteiger partial charge in [0, 0.05) is 21.0 Å². The lowest BCUT2D eigenvalue weighted by atomic mass is 10.0. The summed E-state index contributed by atoms with van der Waals surface area (Å²) in [5.74, 6) is 0. The zero-order chi connectivity index (χ0) is 14.5. The van der Waals surface area contributed by atoms with Gasteiger partial charge in [-0.15, -0.1) is 11.3 Å². The first-order valence-electron chi connectivity index (χ1n) is 6.52. The van der Waals surface area contributed by atoms with Crippen molar-refractivity contribution in [2.24, 2.45) is 0 Å². The molecule has 0 bridgehead atoms. The average Bonchev–Trinajstić information content (AvgIpc) is 2.84. The van der Waals surface area contributed by atoms with Gasteiger partial charge in [-0.3, -0.25) is 0 Å². The van der Waals surface area contributed by atoms with Crippen LogP contribution >= 0.6 is 46.1 Å². The minimum Gasteiger partial charge on any atom is -0.309 e. The molecule has 1 heterocycles. The predicted molar refractivity (Wildman–Crippen MR) is 90.5 cm³/mol. The van der Waals surface area contributed by atoms with Crippen LogP contribution in [0.3, 0.4) is 0 Å². The lowest BCUT2D eigenvalue weighted by Gasteiger charge is -2.19. The fourth-order valence-electron chi connectivity index (χ4n) is 2.06. The number of thiophene rings is 1. The Bertz CT molecular complexity index is 548. The van der Waals surface area contributed by atoms with E-state index in [1.807, 2.05) is 29.6 Å². The largest absolute Gasteiger partial charge is 0.309 e. The van der Waals surface area contributed by atoms with E-state index in [9.17, 15) is 0 Å². The summed E-state index contributed by atoms with van der Waals surface area (Å²) in [6.07, 6.45) is 1.80. The summed E-state index contributed by atoms with van der Waals surface area (Å²) in [5, 5.41) is 7.73. The van der Waals surface area contributed by atoms with E-state index < -0.39 is 0 Å². The average molecular weight is 349 g/mol. The van der Waals surface area contributed by atoms with Crippen LogP contribution < -0.4 is 5.32 Å². The van der Waals surface area contributed by atoms with Crippen molar-refractivity contribution < 1.29 is 0 Å². The summed E-state index contributed by atoms with van der Waals surface area (Å²) in [6.45, 7) is 3.07. The minimum atomic E-state index is 0.139. The maximum Gasteiger partial charge on any atom is 0.0561 e. The molecule has 108 valence electrons. The molecule has 0 radical (unpaired) electrons. The van der Waals surface area contributed by atoms with Crippen molar-refractivity contribution in [1.82, 2.24) is 5.32 Å². The van der Waals surface area contributed by atoms with E-state index >= 15 is 0 Å². The third kappa shape index (κ3) is 3.90. The summed E-state index contributed by atoms with van der Waals surface area (Å²) in [4.78, 5) is 1.14. The molecule has 20 heavy (non-hydrogen) atoms. The first-order valence-corrected chi connectivity index (χ1v) is 8.54. The lowest BCUT2D eigenvalue weighted by molar-refractivity contribution is 0.537. The van der Waals surface area contributed by atoms with E-state index in [0.29, 0.717) is 10.0 Å². The summed E-state index contributed by atoms with van der Waals surface area (Å²) in [6, 6.07) is 7.67. The van der Waals surface area contributed by atoms with Gasteiger partial charge in [0.25, 0.3) is 0 Å². The van der Waals surface area contributed by atoms with Crippen LogP contribution in [0.15, 0.2) is 29.6 Å². The van der Waals surface area contributed by atoms with Crippen molar-refractivity contribution in [3.8, 4) is 0 Å². The molecule has 1 nitrogen and oxygen atoms in total. The van der Waals surface area contributed by atoms with Crippen LogP contribution in [0.2, 0.25) is 15.1 Å². The zero-order valence-corrected chi connectivity index (χ0v) is 14.2. The molecule has 2 aromatic rings. The maximum atomic E-state index is 6.27. The van der Waals surface area contributed by atoms with Gasteiger partial charge >= 0.3 is 0 Å². The molecular formula is C15H16Cl3NS. The van der Waals surface area contributed by atoms with Crippen LogP contribution in [0.4, 0.5) is 0 Å². The molecule has 5 heteroatoms. The van der Waals surface area contributed by atoms with Crippen molar-refractivity contribution in [3.63, 3.8) is 0 Å². The SMILES string of the molecule is CCCNC(Cc1c(Cl)cccc1Cl)c1sccc1Cl. The summed E-state index contributed by atoms with van der Waals surface area (Å²) >= 11 is 20.5. The third-order valence-electron chi connectivity index (χ3n) is 3.07. The van der Waals surface area contributed by atoms with Crippen LogP contribution in [0.1, 0.15) is 29.8 Å². The Kier molecular flexibility index (Phi) is 6.19. The van der Waals surface area contributed by atoms with E-state index in [-0.39, 0.29) is 6.04 Å². The highest BCUT2D eigenvalue weighted by Gasteiger charge is 2.19. The Morgan fingerprint density at radius 2 is 1.80 bits per heavy atom. The Morgan fingerprint density at radius 1 is 1.10 bits per heavy atom. The van der Waals surface area contributed by atoms with Gasteiger partial charge in [-0.1, -0.05) is 47.8 Å². The third-order valence-corrected chi connectivity index (χ3v) is 5.25. The normalized spacial score (nSPS) is 12.6. The Balaban J connectivity index is 2.26. The van der Waals surface area contributed by atoms with Gasteiger partial charge in [0.05, 0.1) is 5.02 Å². The Labute approximate surface area is 138 Å². The number of hydrogen-bond donors (Lipinski definition) is 1. The number of rotatable bonds is 6. The quantitative estimate of drug-likeness (QED) is 0.676. The Morgan fingerprint density at radius 3 is 2.35 bits per heavy atom. The lowest BCUT2D eigenvalue weighted by Crippen LogP contribution is -2.23. The number of halogens is 3. The molecule has 0 aliphatic heterocycles. The van der Waals surface area contributed by atoms with Crippen LogP contribution in [0, 0.1) is 0 Å². The Hall–Kier alpha value is -0.250. The first kappa shape index (κ1) is 16.1. The number of benzene rings is 1. The molecule has 1 unspecified atom stereocenters. The molecule has 0 fully saturated rings. The summed E-state index contributed by atoms with van der Waals surface area (Å²) < 4.78 is 0. The van der Waals surface area contributed by atoms with Gasteiger partial charge in [0.2, 0.25) is 0 Å². The molecule has 1 N–H and O–H groups in total. The fraction of sp³-hybridized carbons (Fsp3) is 0.333. The van der Waals surface area contributed by atoms with Crippen LogP contribution in [0.5, 0.6) is 0 Å². The predicted octanol–water partition coefficient (Wildman–Crippen LogP) is 5.99.